The molecule has 0 aromatic carbocycles. The van der Waals surface area contributed by atoms with Crippen molar-refractivity contribution in [2.45, 2.75) is 106 Å². The van der Waals surface area contributed by atoms with E-state index in [1.165, 1.54) is 5.57 Å². The number of ketones is 1. The van der Waals surface area contributed by atoms with Gasteiger partial charge < -0.3 is 10.2 Å². The van der Waals surface area contributed by atoms with Gasteiger partial charge >= 0.3 is 5.97 Å². The maximum atomic E-state index is 12.9. The summed E-state index contributed by atoms with van der Waals surface area (Å²) in [7, 11) is 0. The molecular weight excluding hydrogens is 425 g/mol. The Morgan fingerprint density at radius 3 is 2.29 bits per heavy atom. The third kappa shape index (κ3) is 2.81. The molecule has 0 amide bonds. The van der Waals surface area contributed by atoms with Gasteiger partial charge in [-0.3, -0.25) is 9.59 Å². The van der Waals surface area contributed by atoms with Gasteiger partial charge in [-0.25, -0.2) is 0 Å². The summed E-state index contributed by atoms with van der Waals surface area (Å²) >= 11 is 0. The number of carbonyl (C=O) groups is 2. The molecule has 0 saturated heterocycles. The zero-order valence-electron chi connectivity index (χ0n) is 22.3. The van der Waals surface area contributed by atoms with E-state index in [1.54, 1.807) is 0 Å². The minimum absolute atomic E-state index is 0.0160. The highest BCUT2D eigenvalue weighted by molar-refractivity contribution is 5.85. The smallest absolute Gasteiger partial charge is 0.310 e. The number of fused-ring (bicyclic) bond motifs is 7. The van der Waals surface area contributed by atoms with Gasteiger partial charge in [0.1, 0.15) is 5.78 Å². The summed E-state index contributed by atoms with van der Waals surface area (Å²) in [6.07, 6.45) is 11.1. The third-order valence-corrected chi connectivity index (χ3v) is 12.8. The third-order valence-electron chi connectivity index (χ3n) is 12.8. The van der Waals surface area contributed by atoms with E-state index in [1.807, 2.05) is 0 Å². The van der Waals surface area contributed by atoms with E-state index in [2.05, 4.69) is 47.6 Å². The maximum Gasteiger partial charge on any atom is 0.310 e. The van der Waals surface area contributed by atoms with Crippen LogP contribution in [0.3, 0.4) is 0 Å². The fraction of sp³-hybridized carbons (Fsp3) is 0.867. The molecule has 0 heterocycles. The molecule has 5 aliphatic carbocycles. The highest BCUT2D eigenvalue weighted by atomic mass is 16.4. The van der Waals surface area contributed by atoms with E-state index < -0.39 is 11.4 Å². The van der Waals surface area contributed by atoms with Crippen LogP contribution in [-0.2, 0) is 9.59 Å². The normalized spacial score (nSPS) is 49.1. The van der Waals surface area contributed by atoms with Crippen LogP contribution >= 0.6 is 0 Å². The van der Waals surface area contributed by atoms with Crippen molar-refractivity contribution < 1.29 is 19.8 Å². The van der Waals surface area contributed by atoms with Crippen molar-refractivity contribution in [1.29, 1.82) is 0 Å². The second-order valence-corrected chi connectivity index (χ2v) is 14.7. The molecule has 7 atom stereocenters. The number of aliphatic carboxylic acids is 1. The van der Waals surface area contributed by atoms with E-state index in [4.69, 9.17) is 0 Å². The molecule has 34 heavy (non-hydrogen) atoms. The van der Waals surface area contributed by atoms with Gasteiger partial charge in [-0.05, 0) is 91.8 Å². The van der Waals surface area contributed by atoms with Crippen molar-refractivity contribution in [3.8, 4) is 0 Å². The van der Waals surface area contributed by atoms with Crippen molar-refractivity contribution in [3.63, 3.8) is 0 Å². The zero-order chi connectivity index (χ0) is 24.9. The molecule has 0 aliphatic heterocycles. The number of carbonyl (C=O) groups excluding carboxylic acids is 1. The van der Waals surface area contributed by atoms with E-state index in [9.17, 15) is 19.8 Å². The number of Topliss-reactive ketones (excluding diaryl/α,β-unsaturated/α-hetero) is 1. The first-order valence-electron chi connectivity index (χ1n) is 13.8. The predicted octanol–water partition coefficient (Wildman–Crippen LogP) is 6.41. The molecule has 4 saturated carbocycles. The largest absolute Gasteiger partial charge is 0.481 e. The van der Waals surface area contributed by atoms with Crippen molar-refractivity contribution in [1.82, 2.24) is 0 Å². The number of aliphatic hydroxyl groups excluding tert-OH is 1. The molecule has 0 aromatic heterocycles. The molecule has 2 N–H and O–H groups in total. The van der Waals surface area contributed by atoms with Crippen LogP contribution in [0.5, 0.6) is 0 Å². The summed E-state index contributed by atoms with van der Waals surface area (Å²) < 4.78 is 0. The minimum Gasteiger partial charge on any atom is -0.481 e. The lowest BCUT2D eigenvalue weighted by atomic mass is 9.34. The number of carboxylic acid groups (broad SMARTS) is 1. The van der Waals surface area contributed by atoms with E-state index in [0.29, 0.717) is 30.5 Å². The van der Waals surface area contributed by atoms with E-state index in [0.717, 1.165) is 51.4 Å². The second-order valence-electron chi connectivity index (χ2n) is 14.7. The standard InChI is InChI=1S/C30H46O4/c1-25(2)13-14-29(24(33)34)15-16-30(18-31)19(20(29)17-25)7-8-22-27(5)11-10-23(32)26(3,4)21(27)9-12-28(22,30)6/h7,20-22,31H,8-18H2,1-6H3,(H,33,34)/t20-,21-,22+,27-,28+,29-,30-/m0/s1/i10+1. The van der Waals surface area contributed by atoms with Crippen molar-refractivity contribution in [2.24, 2.45) is 50.2 Å². The Balaban J connectivity index is 1.63. The van der Waals surface area contributed by atoms with Gasteiger partial charge in [0.05, 0.1) is 12.0 Å². The van der Waals surface area contributed by atoms with Gasteiger partial charge in [-0.2, -0.15) is 0 Å². The SMILES string of the molecule is CC1(C)CC[C@]2(C(=O)O)CC[C@]3(CO)C(=CC[C@@H]4[C@@]5(C)C[13CH2]C(=O)C(C)(C)[C@@H]5CC[C@]43C)[C@@H]2C1. The quantitative estimate of drug-likeness (QED) is 0.360. The molecule has 0 bridgehead atoms. The van der Waals surface area contributed by atoms with Gasteiger partial charge in [0.15, 0.2) is 0 Å². The number of aliphatic hydroxyl groups is 1. The second kappa shape index (κ2) is 7.20. The number of allylic oxidation sites excluding steroid dienone is 1. The van der Waals surface area contributed by atoms with Crippen LogP contribution in [-0.4, -0.2) is 28.6 Å². The molecule has 4 heteroatoms. The number of rotatable bonds is 2. The summed E-state index contributed by atoms with van der Waals surface area (Å²) in [5.41, 5.74) is 0.0993. The van der Waals surface area contributed by atoms with Gasteiger partial charge in [0, 0.05) is 17.3 Å². The Morgan fingerprint density at radius 1 is 0.971 bits per heavy atom. The fourth-order valence-corrected chi connectivity index (χ4v) is 10.6. The Bertz CT molecular complexity index is 945. The lowest BCUT2D eigenvalue weighted by Gasteiger charge is -2.70. The molecule has 0 spiro atoms. The lowest BCUT2D eigenvalue weighted by Crippen LogP contribution is -2.66. The van der Waals surface area contributed by atoms with Crippen molar-refractivity contribution in [3.05, 3.63) is 11.6 Å². The predicted molar refractivity (Wildman–Crippen MR) is 133 cm³/mol. The van der Waals surface area contributed by atoms with Crippen LogP contribution < -0.4 is 0 Å². The molecule has 0 radical (unpaired) electrons. The first-order chi connectivity index (χ1) is 15.7. The average Bonchev–Trinajstić information content (AvgIpc) is 2.75. The van der Waals surface area contributed by atoms with Crippen molar-refractivity contribution in [2.75, 3.05) is 6.61 Å². The average molecular weight is 472 g/mol. The first-order valence-corrected chi connectivity index (χ1v) is 13.8. The minimum atomic E-state index is -0.677. The van der Waals surface area contributed by atoms with Crippen LogP contribution in [0, 0.1) is 50.2 Å². The zero-order valence-corrected chi connectivity index (χ0v) is 22.3. The highest BCUT2D eigenvalue weighted by Gasteiger charge is 2.70. The van der Waals surface area contributed by atoms with Crippen LogP contribution in [0.2, 0.25) is 0 Å². The van der Waals surface area contributed by atoms with Crippen molar-refractivity contribution >= 4 is 11.8 Å². The summed E-state index contributed by atoms with van der Waals surface area (Å²) in [5, 5.41) is 21.7. The molecule has 190 valence electrons. The topological polar surface area (TPSA) is 74.6 Å². The first kappa shape index (κ1) is 24.5. The van der Waals surface area contributed by atoms with Crippen LogP contribution in [0.25, 0.3) is 0 Å². The Hall–Kier alpha value is -1.16. The Labute approximate surface area is 206 Å². The summed E-state index contributed by atoms with van der Waals surface area (Å²) in [6, 6.07) is 0. The van der Waals surface area contributed by atoms with Gasteiger partial charge in [-0.1, -0.05) is 53.2 Å². The molecule has 0 unspecified atom stereocenters. The summed E-state index contributed by atoms with van der Waals surface area (Å²) in [4.78, 5) is 25.7. The molecule has 4 nitrogen and oxygen atoms in total. The van der Waals surface area contributed by atoms with Gasteiger partial charge in [0.25, 0.3) is 0 Å². The van der Waals surface area contributed by atoms with Crippen LogP contribution in [0.15, 0.2) is 11.6 Å². The summed E-state index contributed by atoms with van der Waals surface area (Å²) in [5.74, 6) is 0.588. The van der Waals surface area contributed by atoms with Crippen LogP contribution in [0.4, 0.5) is 0 Å². The summed E-state index contributed by atoms with van der Waals surface area (Å²) in [6.45, 7) is 13.9. The Kier molecular flexibility index (Phi) is 5.20. The van der Waals surface area contributed by atoms with Gasteiger partial charge in [-0.15, -0.1) is 0 Å². The monoisotopic (exact) mass is 471 g/mol. The van der Waals surface area contributed by atoms with E-state index >= 15 is 0 Å². The maximum absolute atomic E-state index is 12.9. The molecule has 5 aliphatic rings. The number of carboxylic acids is 1. The molecular formula is C30H46O4. The molecule has 4 fully saturated rings. The molecule has 0 aromatic rings. The van der Waals surface area contributed by atoms with Gasteiger partial charge in [0.2, 0.25) is 0 Å². The lowest BCUT2D eigenvalue weighted by molar-refractivity contribution is -0.198. The molecule has 5 rings (SSSR count). The van der Waals surface area contributed by atoms with E-state index in [-0.39, 0.29) is 39.6 Å². The number of hydrogen-bond donors (Lipinski definition) is 2. The highest BCUT2D eigenvalue weighted by Crippen LogP contribution is 2.75. The Morgan fingerprint density at radius 2 is 1.65 bits per heavy atom. The van der Waals surface area contributed by atoms with Crippen LogP contribution in [0.1, 0.15) is 106 Å². The fourth-order valence-electron chi connectivity index (χ4n) is 10.6. The number of hydrogen-bond acceptors (Lipinski definition) is 3.